The summed E-state index contributed by atoms with van der Waals surface area (Å²) in [7, 11) is 0. The van der Waals surface area contributed by atoms with Crippen LogP contribution < -0.4 is 5.56 Å². The molecule has 0 amide bonds. The summed E-state index contributed by atoms with van der Waals surface area (Å²) >= 11 is 1.38. The van der Waals surface area contributed by atoms with Crippen LogP contribution in [0.15, 0.2) is 40.3 Å². The molecular weight excluding hydrogens is 234 g/mol. The SMILES string of the molecule is CSc1nc(-c2ccc(C#N)cc2)cc(=O)[nH]1. The number of aromatic nitrogens is 2. The first-order chi connectivity index (χ1) is 8.22. The molecule has 1 aromatic carbocycles. The summed E-state index contributed by atoms with van der Waals surface area (Å²) in [6, 6.07) is 10.5. The van der Waals surface area contributed by atoms with Crippen LogP contribution in [0.3, 0.4) is 0 Å². The Bertz CT molecular complexity index is 625. The maximum atomic E-state index is 11.4. The largest absolute Gasteiger partial charge is 0.301 e. The van der Waals surface area contributed by atoms with E-state index in [1.807, 2.05) is 12.3 Å². The molecule has 0 spiro atoms. The van der Waals surface area contributed by atoms with E-state index >= 15 is 0 Å². The number of nitriles is 1. The predicted molar refractivity (Wildman–Crippen MR) is 66.8 cm³/mol. The molecular formula is C12H9N3OS. The monoisotopic (exact) mass is 243 g/mol. The molecule has 0 aliphatic heterocycles. The van der Waals surface area contributed by atoms with Crippen molar-refractivity contribution in [1.29, 1.82) is 5.26 Å². The van der Waals surface area contributed by atoms with Crippen molar-refractivity contribution in [3.05, 3.63) is 46.2 Å². The molecule has 0 saturated carbocycles. The van der Waals surface area contributed by atoms with Crippen LogP contribution in [0.1, 0.15) is 5.56 Å². The van der Waals surface area contributed by atoms with E-state index in [9.17, 15) is 4.79 Å². The fraction of sp³-hybridized carbons (Fsp3) is 0.0833. The molecule has 0 bridgehead atoms. The van der Waals surface area contributed by atoms with Crippen LogP contribution in [-0.4, -0.2) is 16.2 Å². The lowest BCUT2D eigenvalue weighted by Gasteiger charge is -2.02. The van der Waals surface area contributed by atoms with E-state index in [1.54, 1.807) is 24.3 Å². The zero-order chi connectivity index (χ0) is 12.3. The van der Waals surface area contributed by atoms with Crippen LogP contribution in [0.4, 0.5) is 0 Å². The fourth-order valence-electron chi connectivity index (χ4n) is 1.40. The zero-order valence-corrected chi connectivity index (χ0v) is 9.91. The second kappa shape index (κ2) is 4.85. The van der Waals surface area contributed by atoms with Crippen molar-refractivity contribution in [2.75, 3.05) is 6.26 Å². The first-order valence-corrected chi connectivity index (χ1v) is 6.11. The highest BCUT2D eigenvalue weighted by Crippen LogP contribution is 2.17. The molecule has 5 heteroatoms. The van der Waals surface area contributed by atoms with Gasteiger partial charge in [0.05, 0.1) is 17.3 Å². The number of hydrogen-bond donors (Lipinski definition) is 1. The van der Waals surface area contributed by atoms with Gasteiger partial charge in [0.1, 0.15) is 0 Å². The Morgan fingerprint density at radius 1 is 1.35 bits per heavy atom. The van der Waals surface area contributed by atoms with E-state index in [-0.39, 0.29) is 5.56 Å². The molecule has 0 atom stereocenters. The van der Waals surface area contributed by atoms with Crippen molar-refractivity contribution < 1.29 is 0 Å². The van der Waals surface area contributed by atoms with Gasteiger partial charge in [0, 0.05) is 11.6 Å². The number of benzene rings is 1. The van der Waals surface area contributed by atoms with Crippen molar-refractivity contribution in [3.63, 3.8) is 0 Å². The quantitative estimate of drug-likeness (QED) is 0.647. The molecule has 1 N–H and O–H groups in total. The minimum atomic E-state index is -0.177. The minimum Gasteiger partial charge on any atom is -0.301 e. The van der Waals surface area contributed by atoms with E-state index in [0.29, 0.717) is 16.4 Å². The highest BCUT2D eigenvalue weighted by Gasteiger charge is 2.03. The smallest absolute Gasteiger partial charge is 0.252 e. The topological polar surface area (TPSA) is 69.5 Å². The van der Waals surface area contributed by atoms with Gasteiger partial charge in [-0.1, -0.05) is 23.9 Å². The van der Waals surface area contributed by atoms with Gasteiger partial charge >= 0.3 is 0 Å². The van der Waals surface area contributed by atoms with Gasteiger partial charge in [-0.2, -0.15) is 5.26 Å². The number of aromatic amines is 1. The molecule has 0 aliphatic carbocycles. The Kier molecular flexibility index (Phi) is 3.26. The number of nitrogens with zero attached hydrogens (tertiary/aromatic N) is 2. The molecule has 2 aromatic rings. The third kappa shape index (κ3) is 2.55. The Morgan fingerprint density at radius 2 is 2.06 bits per heavy atom. The van der Waals surface area contributed by atoms with Crippen LogP contribution in [0.2, 0.25) is 0 Å². The van der Waals surface area contributed by atoms with Crippen molar-refractivity contribution in [2.24, 2.45) is 0 Å². The Balaban J connectivity index is 2.49. The van der Waals surface area contributed by atoms with Crippen molar-refractivity contribution in [1.82, 2.24) is 9.97 Å². The molecule has 0 radical (unpaired) electrons. The van der Waals surface area contributed by atoms with Crippen LogP contribution in [0.25, 0.3) is 11.3 Å². The van der Waals surface area contributed by atoms with Crippen molar-refractivity contribution in [3.8, 4) is 17.3 Å². The first kappa shape index (κ1) is 11.4. The normalized spacial score (nSPS) is 9.88. The molecule has 84 valence electrons. The van der Waals surface area contributed by atoms with Gasteiger partial charge in [-0.25, -0.2) is 4.98 Å². The zero-order valence-electron chi connectivity index (χ0n) is 9.10. The summed E-state index contributed by atoms with van der Waals surface area (Å²) in [5.74, 6) is 0. The maximum absolute atomic E-state index is 11.4. The number of H-pyrrole nitrogens is 1. The summed E-state index contributed by atoms with van der Waals surface area (Å²) in [6.45, 7) is 0. The predicted octanol–water partition coefficient (Wildman–Crippen LogP) is 2.03. The molecule has 17 heavy (non-hydrogen) atoms. The van der Waals surface area contributed by atoms with E-state index in [2.05, 4.69) is 9.97 Å². The second-order valence-corrected chi connectivity index (χ2v) is 4.12. The maximum Gasteiger partial charge on any atom is 0.252 e. The fourth-order valence-corrected chi connectivity index (χ4v) is 1.79. The Hall–Kier alpha value is -2.06. The average Bonchev–Trinajstić information content (AvgIpc) is 2.38. The van der Waals surface area contributed by atoms with Gasteiger partial charge in [0.25, 0.3) is 5.56 Å². The van der Waals surface area contributed by atoms with E-state index in [0.717, 1.165) is 5.56 Å². The van der Waals surface area contributed by atoms with Gasteiger partial charge in [0.15, 0.2) is 5.16 Å². The van der Waals surface area contributed by atoms with E-state index in [4.69, 9.17) is 5.26 Å². The Morgan fingerprint density at radius 3 is 2.65 bits per heavy atom. The summed E-state index contributed by atoms with van der Waals surface area (Å²) in [4.78, 5) is 18.3. The lowest BCUT2D eigenvalue weighted by atomic mass is 10.1. The minimum absolute atomic E-state index is 0.177. The van der Waals surface area contributed by atoms with Gasteiger partial charge < -0.3 is 4.98 Å². The molecule has 1 aromatic heterocycles. The van der Waals surface area contributed by atoms with Crippen LogP contribution in [-0.2, 0) is 0 Å². The van der Waals surface area contributed by atoms with Crippen molar-refractivity contribution >= 4 is 11.8 Å². The van der Waals surface area contributed by atoms with Crippen LogP contribution in [0.5, 0.6) is 0 Å². The third-order valence-electron chi connectivity index (χ3n) is 2.22. The summed E-state index contributed by atoms with van der Waals surface area (Å²) in [6.07, 6.45) is 1.85. The first-order valence-electron chi connectivity index (χ1n) is 4.89. The highest BCUT2D eigenvalue weighted by molar-refractivity contribution is 7.98. The average molecular weight is 243 g/mol. The van der Waals surface area contributed by atoms with E-state index in [1.165, 1.54) is 17.8 Å². The molecule has 0 fully saturated rings. The van der Waals surface area contributed by atoms with Crippen LogP contribution >= 0.6 is 11.8 Å². The number of thioether (sulfide) groups is 1. The number of nitrogens with one attached hydrogen (secondary N) is 1. The van der Waals surface area contributed by atoms with Gasteiger partial charge in [0.2, 0.25) is 0 Å². The Labute approximate surface area is 102 Å². The summed E-state index contributed by atoms with van der Waals surface area (Å²) in [5.41, 5.74) is 1.85. The molecule has 0 aliphatic rings. The summed E-state index contributed by atoms with van der Waals surface area (Å²) < 4.78 is 0. The number of rotatable bonds is 2. The summed E-state index contributed by atoms with van der Waals surface area (Å²) in [5, 5.41) is 9.28. The third-order valence-corrected chi connectivity index (χ3v) is 2.80. The molecule has 1 heterocycles. The molecule has 4 nitrogen and oxygen atoms in total. The molecule has 2 rings (SSSR count). The van der Waals surface area contributed by atoms with Crippen molar-refractivity contribution in [2.45, 2.75) is 5.16 Å². The lowest BCUT2D eigenvalue weighted by molar-refractivity contribution is 0.945. The van der Waals surface area contributed by atoms with Gasteiger partial charge in [-0.15, -0.1) is 0 Å². The van der Waals surface area contributed by atoms with Gasteiger partial charge in [-0.05, 0) is 18.4 Å². The molecule has 0 unspecified atom stereocenters. The number of hydrogen-bond acceptors (Lipinski definition) is 4. The standard InChI is InChI=1S/C12H9N3OS/c1-17-12-14-10(6-11(16)15-12)9-4-2-8(7-13)3-5-9/h2-6H,1H3,(H,14,15,16). The lowest BCUT2D eigenvalue weighted by Crippen LogP contribution is -2.07. The van der Waals surface area contributed by atoms with E-state index < -0.39 is 0 Å². The highest BCUT2D eigenvalue weighted by atomic mass is 32.2. The second-order valence-electron chi connectivity index (χ2n) is 3.33. The van der Waals surface area contributed by atoms with Gasteiger partial charge in [-0.3, -0.25) is 4.79 Å². The molecule has 0 saturated heterocycles. The van der Waals surface area contributed by atoms with Crippen LogP contribution in [0, 0.1) is 11.3 Å².